The van der Waals surface area contributed by atoms with Gasteiger partial charge in [-0.2, -0.15) is 0 Å². The molecule has 35 nitrogen and oxygen atoms in total. The van der Waals surface area contributed by atoms with Gasteiger partial charge in [0.15, 0.2) is 18.9 Å². The van der Waals surface area contributed by atoms with Crippen LogP contribution in [0.25, 0.3) is 0 Å². The van der Waals surface area contributed by atoms with E-state index in [1.165, 1.54) is 0 Å². The number of hydrogen-bond acceptors (Lipinski definition) is 33. The molecule has 0 spiro atoms. The maximum atomic E-state index is 14.1. The molecule has 0 saturated carbocycles. The molecule has 4 aliphatic heterocycles. The number of unbranched alkanes of at least 4 members (excludes halogenated alkanes) is 13. The summed E-state index contributed by atoms with van der Waals surface area (Å²) < 4.78 is 73.5. The molecule has 0 aromatic rings. The van der Waals surface area contributed by atoms with Crippen LogP contribution in [0.15, 0.2) is 0 Å². The third kappa shape index (κ3) is 53.1. The van der Waals surface area contributed by atoms with E-state index in [0.29, 0.717) is 162 Å². The molecule has 0 aromatic carbocycles. The minimum atomic E-state index is -1.22. The molecule has 37 heteroatoms. The monoisotopic (exact) mass is 1930 g/mol. The number of amides is 4. The van der Waals surface area contributed by atoms with Crippen molar-refractivity contribution in [2.45, 2.75) is 390 Å². The fourth-order valence-electron chi connectivity index (χ4n) is 16.0. The molecular weight excluding hydrogens is 1760 g/mol. The van der Waals surface area contributed by atoms with Crippen LogP contribution in [0.1, 0.15) is 299 Å². The normalized spacial score (nSPS) is 24.2. The summed E-state index contributed by atoms with van der Waals surface area (Å²) in [4.78, 5) is 116. The van der Waals surface area contributed by atoms with E-state index < -0.39 is 123 Å². The van der Waals surface area contributed by atoms with Crippen molar-refractivity contribution in [2.75, 3.05) is 139 Å². The molecule has 132 heavy (non-hydrogen) atoms. The SMILES string of the molecule is CCC(=O)CCCCC(=O)N1C[C@@H](OC)C[C@@H]1COC.CCC(C)(C)SSCCOCCOCCC(=O)CC(CCCOC(=O)CCCCCCCNC(=O)CCCOC1OC(CO)C(O)C(O)C1C)(CCCOC(=O)CCCCCCCNC(=O)CCCOC1OC(CO)C(O)C(O)C1C)CCCOC(=O)NCCCCCCCC(=O)CCCOC1OC(CO)C(O)C(O)C1C. The maximum absolute atomic E-state index is 14.1. The second-order valence-electron chi connectivity index (χ2n) is 36.3. The minimum Gasteiger partial charge on any atom is -0.466 e. The predicted octanol–water partition coefficient (Wildman–Crippen LogP) is 9.31. The highest BCUT2D eigenvalue weighted by molar-refractivity contribution is 8.77. The van der Waals surface area contributed by atoms with Gasteiger partial charge in [-0.3, -0.25) is 38.4 Å². The summed E-state index contributed by atoms with van der Waals surface area (Å²) in [5.74, 6) is -1.06. The van der Waals surface area contributed by atoms with Crippen LogP contribution in [0.3, 0.4) is 0 Å². The first-order chi connectivity index (χ1) is 63.4. The maximum Gasteiger partial charge on any atom is 0.407 e. The average molecular weight is 1930 g/mol. The first-order valence-corrected chi connectivity index (χ1v) is 51.5. The van der Waals surface area contributed by atoms with Gasteiger partial charge in [-0.25, -0.2) is 4.79 Å². The highest BCUT2D eigenvalue weighted by Crippen LogP contribution is 2.41. The summed E-state index contributed by atoms with van der Waals surface area (Å²) in [6.45, 7) is 17.3. The Hall–Kier alpha value is -4.43. The number of hydrogen-bond donors (Lipinski definition) is 12. The summed E-state index contributed by atoms with van der Waals surface area (Å²) in [7, 11) is 6.96. The van der Waals surface area contributed by atoms with Crippen LogP contribution < -0.4 is 16.0 Å². The third-order valence-corrected chi connectivity index (χ3v) is 28.3. The number of Topliss-reactive ketones (excluding diaryl/α,β-unsaturated/α-hetero) is 3. The van der Waals surface area contributed by atoms with E-state index in [0.717, 1.165) is 108 Å². The van der Waals surface area contributed by atoms with Crippen molar-refractivity contribution in [3.05, 3.63) is 0 Å². The Morgan fingerprint density at radius 3 is 1.27 bits per heavy atom. The zero-order valence-corrected chi connectivity index (χ0v) is 82.7. The standard InChI is InChI=1S/C80H145N3O27S2.C15H27NO4/c1-7-79(5,6)112-111-52-51-101-50-49-100-48-35-61(88)53-80(36-26-45-102-67(91)33-18-12-9-14-20-39-81-65(89)31-24-43-105-76-58(3)70(94)73(97)63(55-85)109-76,37-27-46-103-68(92)34-19-13-10-15-21-40-82-66(90)32-25-44-106-77-59(4)71(95)74(98)64(56-86)110-77)38-28-47-107-78(99)83-41-22-16-8-11-17-29-60(87)30-23-42-104-75-57(2)69(93)72(96)62(54-84)108-75;1-4-13(17)7-5-6-8-15(18)16-10-14(20-3)9-12(16)11-19-2/h57-59,62-64,69-77,84-86,93-98H,7-56H2,1-6H3,(H,81,89)(H,82,90)(H,83,99);12,14H,4-11H2,1-3H3/t;12-,14+/m.1/s1. The Balaban J connectivity index is 0.00000197. The van der Waals surface area contributed by atoms with Gasteiger partial charge in [0, 0.05) is 139 Å². The molecule has 15 unspecified atom stereocenters. The topological polar surface area (TPSA) is 495 Å². The van der Waals surface area contributed by atoms with Gasteiger partial charge in [-0.1, -0.05) is 114 Å². The third-order valence-electron chi connectivity index (χ3n) is 24.9. The smallest absolute Gasteiger partial charge is 0.407 e. The fraction of sp³-hybridized carbons (Fsp3) is 0.905. The van der Waals surface area contributed by atoms with Crippen LogP contribution in [0.2, 0.25) is 0 Å². The van der Waals surface area contributed by atoms with Gasteiger partial charge >= 0.3 is 18.0 Å². The summed E-state index contributed by atoms with van der Waals surface area (Å²) >= 11 is 0. The number of nitrogens with one attached hydrogen (secondary N) is 3. The number of nitrogens with zero attached hydrogens (tertiary/aromatic N) is 1. The number of methoxy groups -OCH3 is 2. The molecule has 0 radical (unpaired) electrons. The number of likely N-dealkylation sites (tertiary alicyclic amines) is 1. The van der Waals surface area contributed by atoms with Gasteiger partial charge in [0.2, 0.25) is 17.7 Å². The summed E-state index contributed by atoms with van der Waals surface area (Å²) in [5.41, 5.74) is -0.634. The zero-order chi connectivity index (χ0) is 97.3. The molecule has 4 saturated heterocycles. The van der Waals surface area contributed by atoms with Gasteiger partial charge < -0.3 is 128 Å². The molecule has 0 bridgehead atoms. The molecule has 4 amide bonds. The summed E-state index contributed by atoms with van der Waals surface area (Å²) in [5, 5.41) is 98.2. The molecule has 0 aromatic heterocycles. The Kier molecular flexibility index (Phi) is 68.0. The lowest BCUT2D eigenvalue weighted by atomic mass is 9.71. The number of aliphatic hydroxyl groups is 9. The molecule has 17 atom stereocenters. The second-order valence-corrected chi connectivity index (χ2v) is 39.4. The minimum absolute atomic E-state index is 0.0149. The van der Waals surface area contributed by atoms with E-state index >= 15 is 0 Å². The van der Waals surface area contributed by atoms with Crippen LogP contribution in [0.4, 0.5) is 4.79 Å². The predicted molar refractivity (Wildman–Crippen MR) is 499 cm³/mol. The van der Waals surface area contributed by atoms with E-state index in [4.69, 9.17) is 61.6 Å². The van der Waals surface area contributed by atoms with E-state index in [-0.39, 0.29) is 149 Å². The van der Waals surface area contributed by atoms with Gasteiger partial charge in [0.25, 0.3) is 0 Å². The molecule has 12 N–H and O–H groups in total. The van der Waals surface area contributed by atoms with E-state index in [1.54, 1.807) is 45.8 Å². The molecular formula is C95H172N4O31S2. The van der Waals surface area contributed by atoms with Crippen LogP contribution in [0, 0.1) is 23.2 Å². The first-order valence-electron chi connectivity index (χ1n) is 49.2. The largest absolute Gasteiger partial charge is 0.466 e. The number of carbonyl (C=O) groups is 9. The van der Waals surface area contributed by atoms with Crippen LogP contribution in [0.5, 0.6) is 0 Å². The number of alkyl carbamates (subject to hydrolysis) is 1. The Labute approximate surface area is 793 Å². The molecule has 4 aliphatic rings. The van der Waals surface area contributed by atoms with Crippen molar-refractivity contribution < 1.29 is 151 Å². The average Bonchev–Trinajstić information content (AvgIpc) is 1.16. The lowest BCUT2D eigenvalue weighted by Gasteiger charge is -2.40. The highest BCUT2D eigenvalue weighted by Gasteiger charge is 2.46. The van der Waals surface area contributed by atoms with Crippen molar-refractivity contribution in [3.63, 3.8) is 0 Å². The van der Waals surface area contributed by atoms with Crippen LogP contribution in [-0.4, -0.2) is 333 Å². The number of rotatable bonds is 77. The Morgan fingerprint density at radius 2 is 0.826 bits per heavy atom. The molecule has 770 valence electrons. The summed E-state index contributed by atoms with van der Waals surface area (Å²) in [6, 6.07) is 0.120. The number of ketones is 3. The van der Waals surface area contributed by atoms with Gasteiger partial charge in [-0.15, -0.1) is 0 Å². The van der Waals surface area contributed by atoms with Crippen molar-refractivity contribution >= 4 is 74.7 Å². The van der Waals surface area contributed by atoms with Gasteiger partial charge in [0.1, 0.15) is 54.0 Å². The van der Waals surface area contributed by atoms with Crippen LogP contribution in [-0.2, 0) is 99.9 Å². The quantitative estimate of drug-likeness (QED) is 0.0117. The lowest BCUT2D eigenvalue weighted by molar-refractivity contribution is -0.282. The van der Waals surface area contributed by atoms with Crippen molar-refractivity contribution in [1.29, 1.82) is 0 Å². The first kappa shape index (κ1) is 122. The number of ether oxygens (including phenoxy) is 13. The second kappa shape index (κ2) is 73.7. The number of carbonyl (C=O) groups excluding carboxylic acids is 9. The Morgan fingerprint density at radius 1 is 0.424 bits per heavy atom. The molecule has 4 heterocycles. The lowest BCUT2D eigenvalue weighted by Crippen LogP contribution is -2.55. The molecule has 4 fully saturated rings. The van der Waals surface area contributed by atoms with E-state index in [2.05, 4.69) is 36.7 Å². The fourth-order valence-corrected chi connectivity index (χ4v) is 18.5. The zero-order valence-electron chi connectivity index (χ0n) is 81.1. The molecule has 4 rings (SSSR count). The summed E-state index contributed by atoms with van der Waals surface area (Å²) in [6.07, 6.45) is 10.5. The Bertz CT molecular complexity index is 2860. The van der Waals surface area contributed by atoms with Crippen molar-refractivity contribution in [3.8, 4) is 0 Å². The van der Waals surface area contributed by atoms with Crippen LogP contribution >= 0.6 is 21.6 Å². The number of esters is 2. The van der Waals surface area contributed by atoms with E-state index in [9.17, 15) is 89.1 Å². The van der Waals surface area contributed by atoms with Gasteiger partial charge in [0.05, 0.1) is 123 Å². The number of aliphatic hydroxyl groups excluding tert-OH is 9. The van der Waals surface area contributed by atoms with Crippen molar-refractivity contribution in [1.82, 2.24) is 20.9 Å². The van der Waals surface area contributed by atoms with Gasteiger partial charge in [-0.05, 0) is 141 Å². The molecule has 0 aliphatic carbocycles. The van der Waals surface area contributed by atoms with E-state index in [1.807, 2.05) is 22.6 Å². The van der Waals surface area contributed by atoms with Crippen molar-refractivity contribution in [2.24, 2.45) is 23.2 Å². The highest BCUT2D eigenvalue weighted by atomic mass is 33.1.